The molecule has 0 aromatic carbocycles. The zero-order valence-corrected chi connectivity index (χ0v) is 15.5. The summed E-state index contributed by atoms with van der Waals surface area (Å²) in [6.07, 6.45) is 5.41. The summed E-state index contributed by atoms with van der Waals surface area (Å²) >= 11 is 0. The first-order chi connectivity index (χ1) is 12.0. The average Bonchev–Trinajstić information content (AvgIpc) is 2.80. The van der Waals surface area contributed by atoms with Crippen LogP contribution in [0.5, 0.6) is 0 Å². The second-order valence-corrected chi connectivity index (χ2v) is 9.53. The van der Waals surface area contributed by atoms with Crippen molar-refractivity contribution in [2.45, 2.75) is 64.1 Å². The summed E-state index contributed by atoms with van der Waals surface area (Å²) in [5, 5.41) is 31.0. The van der Waals surface area contributed by atoms with Gasteiger partial charge in [-0.1, -0.05) is 25.7 Å². The molecule has 0 heterocycles. The van der Waals surface area contributed by atoms with E-state index in [1.807, 2.05) is 19.9 Å². The molecule has 0 aromatic heterocycles. The van der Waals surface area contributed by atoms with Crippen molar-refractivity contribution in [2.24, 2.45) is 28.1 Å². The van der Waals surface area contributed by atoms with Gasteiger partial charge in [-0.15, -0.1) is 0 Å². The van der Waals surface area contributed by atoms with Crippen molar-refractivity contribution >= 4 is 11.8 Å². The Morgan fingerprint density at radius 1 is 1.38 bits per heavy atom. The van der Waals surface area contributed by atoms with Crippen molar-refractivity contribution in [1.29, 1.82) is 0 Å². The van der Waals surface area contributed by atoms with Crippen LogP contribution in [0, 0.1) is 28.1 Å². The predicted octanol–water partition coefficient (Wildman–Crippen LogP) is 2.47. The fourth-order valence-electron chi connectivity index (χ4n) is 7.01. The summed E-state index contributed by atoms with van der Waals surface area (Å²) in [5.41, 5.74) is -2.09. The zero-order valence-electron chi connectivity index (χ0n) is 15.5. The molecule has 26 heavy (non-hydrogen) atoms. The van der Waals surface area contributed by atoms with Gasteiger partial charge in [-0.3, -0.25) is 9.59 Å². The Balaban J connectivity index is 1.84. The molecular formula is C21H28O5. The molecule has 4 aliphatic rings. The van der Waals surface area contributed by atoms with Gasteiger partial charge in [-0.2, -0.15) is 0 Å². The lowest BCUT2D eigenvalue weighted by Crippen LogP contribution is -2.52. The quantitative estimate of drug-likeness (QED) is 0.672. The van der Waals surface area contributed by atoms with E-state index in [9.17, 15) is 24.9 Å². The van der Waals surface area contributed by atoms with E-state index in [-0.39, 0.29) is 24.0 Å². The number of allylic oxidation sites excluding steroid dienone is 1. The maximum Gasteiger partial charge on any atom is 0.303 e. The van der Waals surface area contributed by atoms with Crippen LogP contribution in [0.15, 0.2) is 24.3 Å². The molecular weight excluding hydrogens is 332 g/mol. The first-order valence-electron chi connectivity index (χ1n) is 9.53. The number of carbonyl (C=O) groups excluding carboxylic acids is 1. The zero-order chi connectivity index (χ0) is 19.1. The SMILES string of the molecule is C=C1C[C@]2(CC(=O)O)C[C@@]1(O)CCC2[C@@]12C=C[C@H](O)[C@@](C)(C(=O)C1)[C@H]2C. The van der Waals surface area contributed by atoms with E-state index in [1.54, 1.807) is 6.08 Å². The number of hydrogen-bond acceptors (Lipinski definition) is 4. The van der Waals surface area contributed by atoms with Crippen molar-refractivity contribution in [3.63, 3.8) is 0 Å². The highest BCUT2D eigenvalue weighted by Crippen LogP contribution is 2.71. The molecule has 0 aromatic rings. The summed E-state index contributed by atoms with van der Waals surface area (Å²) in [6, 6.07) is 0. The van der Waals surface area contributed by atoms with E-state index in [0.717, 1.165) is 5.57 Å². The third kappa shape index (κ3) is 1.93. The minimum absolute atomic E-state index is 0.0184. The van der Waals surface area contributed by atoms with Gasteiger partial charge in [0.15, 0.2) is 0 Å². The number of aliphatic hydroxyl groups is 2. The molecule has 3 saturated carbocycles. The number of aliphatic hydroxyl groups excluding tert-OH is 1. The number of fused-ring (bicyclic) bond motifs is 4. The van der Waals surface area contributed by atoms with Gasteiger partial charge in [0.2, 0.25) is 0 Å². The van der Waals surface area contributed by atoms with Gasteiger partial charge in [0.1, 0.15) is 5.78 Å². The molecule has 5 heteroatoms. The largest absolute Gasteiger partial charge is 0.481 e. The van der Waals surface area contributed by atoms with Crippen molar-refractivity contribution in [3.8, 4) is 0 Å². The number of aliphatic carboxylic acids is 1. The van der Waals surface area contributed by atoms with Gasteiger partial charge in [0.25, 0.3) is 0 Å². The van der Waals surface area contributed by atoms with E-state index in [2.05, 4.69) is 6.58 Å². The Morgan fingerprint density at radius 2 is 2.08 bits per heavy atom. The van der Waals surface area contributed by atoms with Crippen LogP contribution in [0.2, 0.25) is 0 Å². The van der Waals surface area contributed by atoms with Crippen molar-refractivity contribution in [1.82, 2.24) is 0 Å². The van der Waals surface area contributed by atoms with E-state index < -0.39 is 33.9 Å². The highest BCUT2D eigenvalue weighted by molar-refractivity contribution is 5.90. The molecule has 0 spiro atoms. The molecule has 4 aliphatic carbocycles. The normalized spacial score (nSPS) is 52.5. The van der Waals surface area contributed by atoms with Gasteiger partial charge in [-0.05, 0) is 55.4 Å². The molecule has 142 valence electrons. The number of Topliss-reactive ketones (excluding diaryl/α,β-unsaturated/α-hetero) is 1. The predicted molar refractivity (Wildman–Crippen MR) is 95.2 cm³/mol. The number of hydrogen-bond donors (Lipinski definition) is 3. The Labute approximate surface area is 153 Å². The highest BCUT2D eigenvalue weighted by Gasteiger charge is 2.69. The fraction of sp³-hybridized carbons (Fsp3) is 0.714. The molecule has 4 bridgehead atoms. The third-order valence-electron chi connectivity index (χ3n) is 8.58. The van der Waals surface area contributed by atoms with E-state index in [1.165, 1.54) is 0 Å². The van der Waals surface area contributed by atoms with Crippen LogP contribution in [0.1, 0.15) is 52.4 Å². The van der Waals surface area contributed by atoms with Gasteiger partial charge in [0.05, 0.1) is 23.5 Å². The topological polar surface area (TPSA) is 94.8 Å². The molecule has 0 radical (unpaired) electrons. The molecule has 0 amide bonds. The van der Waals surface area contributed by atoms with Gasteiger partial charge in [-0.25, -0.2) is 0 Å². The molecule has 0 saturated heterocycles. The molecule has 3 N–H and O–H groups in total. The highest BCUT2D eigenvalue weighted by atomic mass is 16.4. The van der Waals surface area contributed by atoms with Crippen molar-refractivity contribution < 1.29 is 24.9 Å². The Kier molecular flexibility index (Phi) is 3.50. The lowest BCUT2D eigenvalue weighted by Gasteiger charge is -2.54. The number of rotatable bonds is 3. The van der Waals surface area contributed by atoms with E-state index in [0.29, 0.717) is 32.1 Å². The number of carbonyl (C=O) groups is 2. The van der Waals surface area contributed by atoms with Crippen LogP contribution in [-0.4, -0.2) is 38.8 Å². The minimum Gasteiger partial charge on any atom is -0.481 e. The number of carboxylic acid groups (broad SMARTS) is 1. The van der Waals surface area contributed by atoms with Gasteiger partial charge >= 0.3 is 5.97 Å². The standard InChI is InChI=1S/C21H28O5/c1-12-8-19(10-17(24)25)11-21(12,26)7-4-14(19)20-6-5-15(22)18(3,13(20)2)16(23)9-20/h5-6,13-15,22,26H,1,4,7-11H2,2-3H3,(H,24,25)/t13-,14?,15+,18+,19+,20+,21+/m1/s1. The summed E-state index contributed by atoms with van der Waals surface area (Å²) in [5.74, 6) is -0.899. The third-order valence-corrected chi connectivity index (χ3v) is 8.58. The smallest absolute Gasteiger partial charge is 0.303 e. The molecule has 3 fully saturated rings. The second kappa shape index (κ2) is 5.08. The molecule has 0 aliphatic heterocycles. The fourth-order valence-corrected chi connectivity index (χ4v) is 7.01. The maximum atomic E-state index is 12.9. The second-order valence-electron chi connectivity index (χ2n) is 9.53. The van der Waals surface area contributed by atoms with E-state index >= 15 is 0 Å². The van der Waals surface area contributed by atoms with Crippen LogP contribution in [0.25, 0.3) is 0 Å². The average molecular weight is 360 g/mol. The van der Waals surface area contributed by atoms with Crippen molar-refractivity contribution in [3.05, 3.63) is 24.3 Å². The Bertz CT molecular complexity index is 741. The van der Waals surface area contributed by atoms with Crippen LogP contribution < -0.4 is 0 Å². The molecule has 5 nitrogen and oxygen atoms in total. The number of carboxylic acids is 1. The van der Waals surface area contributed by atoms with Crippen LogP contribution >= 0.6 is 0 Å². The summed E-state index contributed by atoms with van der Waals surface area (Å²) in [7, 11) is 0. The lowest BCUT2D eigenvalue weighted by molar-refractivity contribution is -0.145. The molecule has 1 unspecified atom stereocenters. The number of ketones is 1. The Hall–Kier alpha value is -1.46. The van der Waals surface area contributed by atoms with E-state index in [4.69, 9.17) is 0 Å². The van der Waals surface area contributed by atoms with Crippen LogP contribution in [0.4, 0.5) is 0 Å². The van der Waals surface area contributed by atoms with Crippen LogP contribution in [0.3, 0.4) is 0 Å². The van der Waals surface area contributed by atoms with Crippen molar-refractivity contribution in [2.75, 3.05) is 0 Å². The first kappa shape index (κ1) is 17.9. The lowest BCUT2D eigenvalue weighted by atomic mass is 9.50. The molecule has 4 rings (SSSR count). The van der Waals surface area contributed by atoms with Gasteiger partial charge in [0, 0.05) is 11.8 Å². The summed E-state index contributed by atoms with van der Waals surface area (Å²) in [6.45, 7) is 7.92. The minimum atomic E-state index is -0.977. The first-order valence-corrected chi connectivity index (χ1v) is 9.53. The molecule has 7 atom stereocenters. The maximum absolute atomic E-state index is 12.9. The Morgan fingerprint density at radius 3 is 2.73 bits per heavy atom. The van der Waals surface area contributed by atoms with Gasteiger partial charge < -0.3 is 15.3 Å². The van der Waals surface area contributed by atoms with Crippen LogP contribution in [-0.2, 0) is 9.59 Å². The summed E-state index contributed by atoms with van der Waals surface area (Å²) in [4.78, 5) is 24.6. The summed E-state index contributed by atoms with van der Waals surface area (Å²) < 4.78 is 0. The monoisotopic (exact) mass is 360 g/mol.